The summed E-state index contributed by atoms with van der Waals surface area (Å²) in [5.41, 5.74) is 15.7. The van der Waals surface area contributed by atoms with Crippen LogP contribution in [0.5, 0.6) is 0 Å². The second-order valence-electron chi connectivity index (χ2n) is 19.2. The van der Waals surface area contributed by atoms with E-state index in [1.165, 1.54) is 92.8 Å². The first-order valence-electron chi connectivity index (χ1n) is 23.2. The summed E-state index contributed by atoms with van der Waals surface area (Å²) in [7, 11) is 0. The molecular formula is C63H38N2O2. The highest BCUT2D eigenvalue weighted by Crippen LogP contribution is 2.51. The summed E-state index contributed by atoms with van der Waals surface area (Å²) in [6.07, 6.45) is 0. The maximum absolute atomic E-state index is 6.78. The number of hydrogen-bond donors (Lipinski definition) is 0. The van der Waals surface area contributed by atoms with E-state index < -0.39 is 0 Å². The van der Waals surface area contributed by atoms with Crippen LogP contribution in [0.3, 0.4) is 0 Å². The van der Waals surface area contributed by atoms with Gasteiger partial charge in [0, 0.05) is 70.7 Å². The van der Waals surface area contributed by atoms with E-state index >= 15 is 0 Å². The van der Waals surface area contributed by atoms with Crippen LogP contribution < -0.4 is 0 Å². The van der Waals surface area contributed by atoms with Gasteiger partial charge in [-0.2, -0.15) is 0 Å². The SMILES string of the molecule is CC1(C)c2cc(-n3c4ccccc4c4cc5ccc6c7ccccc7oc6c5cc43)ccc2-c2ccc(-n3c4ccccc4c4cc5ccc6c(oc7ccc8ccccc8c76)c5cc43)cc21. The molecule has 0 radical (unpaired) electrons. The molecule has 1 aliphatic carbocycles. The van der Waals surface area contributed by atoms with Gasteiger partial charge >= 0.3 is 0 Å². The number of furan rings is 2. The summed E-state index contributed by atoms with van der Waals surface area (Å²) in [6, 6.07) is 71.5. The van der Waals surface area contributed by atoms with Crippen molar-refractivity contribution >= 4 is 120 Å². The molecule has 0 N–H and O–H groups in total. The zero-order valence-electron chi connectivity index (χ0n) is 36.7. The average molecular weight is 855 g/mol. The molecule has 0 amide bonds. The third-order valence-corrected chi connectivity index (χ3v) is 15.4. The molecule has 4 aromatic heterocycles. The van der Waals surface area contributed by atoms with Crippen LogP contribution in [0.15, 0.2) is 203 Å². The monoisotopic (exact) mass is 854 g/mol. The van der Waals surface area contributed by atoms with E-state index in [0.717, 1.165) is 60.6 Å². The van der Waals surface area contributed by atoms with Crippen molar-refractivity contribution in [3.05, 3.63) is 205 Å². The molecule has 1 aliphatic rings. The van der Waals surface area contributed by atoms with Crippen molar-refractivity contribution < 1.29 is 8.83 Å². The standard InChI is InChI=1S/C63H38N2O2/c1-63(2)52-31-38(64-54-16-8-5-13-43(54)50-29-36-19-24-46-45-15-7-10-18-58(45)66-61(46)48(36)33-56(50)64)22-26-41(52)42-27-23-39(32-53(42)63)65-55-17-9-6-14-44(55)51-30-37-20-25-47-60-40-12-4-3-11-35(40)21-28-59(60)67-62(47)49(37)34-57(51)65/h3-34H,1-2H3. The fraction of sp³-hybridized carbons (Fsp3) is 0.0476. The Hall–Kier alpha value is -8.60. The van der Waals surface area contributed by atoms with Crippen LogP contribution in [0, 0.1) is 0 Å². The molecule has 4 heteroatoms. The van der Waals surface area contributed by atoms with Crippen LogP contribution in [0.2, 0.25) is 0 Å². The second-order valence-corrected chi connectivity index (χ2v) is 19.2. The molecule has 67 heavy (non-hydrogen) atoms. The second kappa shape index (κ2) is 12.4. The topological polar surface area (TPSA) is 36.1 Å². The molecule has 0 atom stereocenters. The van der Waals surface area contributed by atoms with Crippen LogP contribution >= 0.6 is 0 Å². The van der Waals surface area contributed by atoms with Gasteiger partial charge in [0.05, 0.1) is 22.1 Å². The van der Waals surface area contributed by atoms with Crippen molar-refractivity contribution in [3.8, 4) is 22.5 Å². The molecule has 0 fully saturated rings. The first-order chi connectivity index (χ1) is 33.0. The van der Waals surface area contributed by atoms with Gasteiger partial charge in [-0.3, -0.25) is 0 Å². The predicted molar refractivity (Wildman–Crippen MR) is 280 cm³/mol. The van der Waals surface area contributed by atoms with Gasteiger partial charge in [-0.05, 0) is 129 Å². The Morgan fingerprint density at radius 2 is 0.836 bits per heavy atom. The zero-order chi connectivity index (χ0) is 43.9. The van der Waals surface area contributed by atoms with Gasteiger partial charge in [-0.25, -0.2) is 0 Å². The summed E-state index contributed by atoms with van der Waals surface area (Å²) in [6.45, 7) is 4.79. The number of rotatable bonds is 2. The Bertz CT molecular complexity index is 4720. The van der Waals surface area contributed by atoms with Crippen LogP contribution in [0.25, 0.3) is 142 Å². The normalized spacial score (nSPS) is 13.6. The Kier molecular flexibility index (Phi) is 6.60. The van der Waals surface area contributed by atoms with Crippen LogP contribution in [-0.4, -0.2) is 9.13 Å². The minimum atomic E-state index is -0.267. The number of benzene rings is 11. The molecule has 0 bridgehead atoms. The molecule has 15 aromatic rings. The van der Waals surface area contributed by atoms with Crippen molar-refractivity contribution in [1.29, 1.82) is 0 Å². The average Bonchev–Trinajstić information content (AvgIpc) is 4.16. The van der Waals surface area contributed by atoms with Gasteiger partial charge in [-0.15, -0.1) is 0 Å². The number of para-hydroxylation sites is 3. The third kappa shape index (κ3) is 4.57. The van der Waals surface area contributed by atoms with Gasteiger partial charge in [0.2, 0.25) is 0 Å². The van der Waals surface area contributed by atoms with E-state index in [4.69, 9.17) is 8.83 Å². The Labute approximate surface area is 383 Å². The van der Waals surface area contributed by atoms with Crippen molar-refractivity contribution in [3.63, 3.8) is 0 Å². The lowest BCUT2D eigenvalue weighted by Gasteiger charge is -2.23. The largest absolute Gasteiger partial charge is 0.455 e. The maximum Gasteiger partial charge on any atom is 0.143 e. The molecule has 4 heterocycles. The smallest absolute Gasteiger partial charge is 0.143 e. The quantitative estimate of drug-likeness (QED) is 0.174. The molecule has 0 saturated heterocycles. The van der Waals surface area contributed by atoms with Crippen LogP contribution in [0.1, 0.15) is 25.0 Å². The van der Waals surface area contributed by atoms with Gasteiger partial charge in [0.1, 0.15) is 22.3 Å². The molecule has 0 aliphatic heterocycles. The Balaban J connectivity index is 0.876. The first kappa shape index (κ1) is 35.7. The molecule has 0 saturated carbocycles. The fourth-order valence-electron chi connectivity index (χ4n) is 12.3. The molecule has 0 spiro atoms. The predicted octanol–water partition coefficient (Wildman–Crippen LogP) is 17.4. The molecular weight excluding hydrogens is 817 g/mol. The minimum Gasteiger partial charge on any atom is -0.455 e. The Morgan fingerprint density at radius 3 is 1.48 bits per heavy atom. The Morgan fingerprint density at radius 1 is 0.328 bits per heavy atom. The number of nitrogens with zero attached hydrogens (tertiary/aromatic N) is 2. The summed E-state index contributed by atoms with van der Waals surface area (Å²) in [5.74, 6) is 0. The van der Waals surface area contributed by atoms with Gasteiger partial charge in [0.15, 0.2) is 0 Å². The highest BCUT2D eigenvalue weighted by molar-refractivity contribution is 6.25. The van der Waals surface area contributed by atoms with E-state index in [-0.39, 0.29) is 5.41 Å². The first-order valence-corrected chi connectivity index (χ1v) is 23.2. The number of aromatic nitrogens is 2. The number of fused-ring (bicyclic) bond motifs is 21. The minimum absolute atomic E-state index is 0.267. The van der Waals surface area contributed by atoms with Gasteiger partial charge < -0.3 is 18.0 Å². The summed E-state index contributed by atoms with van der Waals surface area (Å²) in [5, 5.41) is 16.6. The molecule has 16 rings (SSSR count). The lowest BCUT2D eigenvalue weighted by atomic mass is 9.82. The summed E-state index contributed by atoms with van der Waals surface area (Å²) >= 11 is 0. The van der Waals surface area contributed by atoms with E-state index in [1.807, 2.05) is 6.07 Å². The summed E-state index contributed by atoms with van der Waals surface area (Å²) in [4.78, 5) is 0. The maximum atomic E-state index is 6.78. The van der Waals surface area contributed by atoms with Crippen molar-refractivity contribution in [1.82, 2.24) is 9.13 Å². The van der Waals surface area contributed by atoms with E-state index in [2.05, 4.69) is 211 Å². The van der Waals surface area contributed by atoms with Crippen molar-refractivity contribution in [2.75, 3.05) is 0 Å². The van der Waals surface area contributed by atoms with Crippen LogP contribution in [-0.2, 0) is 5.41 Å². The summed E-state index contributed by atoms with van der Waals surface area (Å²) < 4.78 is 18.3. The fourth-order valence-corrected chi connectivity index (χ4v) is 12.3. The molecule has 312 valence electrons. The van der Waals surface area contributed by atoms with Gasteiger partial charge in [-0.1, -0.05) is 123 Å². The van der Waals surface area contributed by atoms with E-state index in [1.54, 1.807) is 0 Å². The third-order valence-electron chi connectivity index (χ3n) is 15.4. The van der Waals surface area contributed by atoms with Crippen LogP contribution in [0.4, 0.5) is 0 Å². The van der Waals surface area contributed by atoms with Gasteiger partial charge in [0.25, 0.3) is 0 Å². The van der Waals surface area contributed by atoms with E-state index in [0.29, 0.717) is 0 Å². The lowest BCUT2D eigenvalue weighted by Crippen LogP contribution is -2.16. The lowest BCUT2D eigenvalue weighted by molar-refractivity contribution is 0.659. The zero-order valence-corrected chi connectivity index (χ0v) is 36.7. The van der Waals surface area contributed by atoms with Crippen molar-refractivity contribution in [2.24, 2.45) is 0 Å². The molecule has 11 aromatic carbocycles. The molecule has 4 nitrogen and oxygen atoms in total. The van der Waals surface area contributed by atoms with E-state index in [9.17, 15) is 0 Å². The van der Waals surface area contributed by atoms with Crippen molar-refractivity contribution in [2.45, 2.75) is 19.3 Å². The number of hydrogen-bond acceptors (Lipinski definition) is 2. The highest BCUT2D eigenvalue weighted by Gasteiger charge is 2.36. The molecule has 0 unspecified atom stereocenters. The highest BCUT2D eigenvalue weighted by atomic mass is 16.3.